The zero-order chi connectivity index (χ0) is 12.6. The van der Waals surface area contributed by atoms with E-state index in [1.54, 1.807) is 7.11 Å². The van der Waals surface area contributed by atoms with Gasteiger partial charge in [-0.2, -0.15) is 0 Å². The van der Waals surface area contributed by atoms with Gasteiger partial charge in [-0.25, -0.2) is 0 Å². The number of aromatic nitrogens is 1. The summed E-state index contributed by atoms with van der Waals surface area (Å²) in [6.45, 7) is 4.03. The number of methoxy groups -OCH3 is 1. The quantitative estimate of drug-likeness (QED) is 0.882. The lowest BCUT2D eigenvalue weighted by atomic mass is 10.0. The zero-order valence-corrected chi connectivity index (χ0v) is 11.1. The first-order valence-corrected chi connectivity index (χ1v) is 6.01. The summed E-state index contributed by atoms with van der Waals surface area (Å²) >= 11 is 6.19. The summed E-state index contributed by atoms with van der Waals surface area (Å²) in [7, 11) is 1.67. The third-order valence-corrected chi connectivity index (χ3v) is 3.24. The molecule has 0 radical (unpaired) electrons. The van der Waals surface area contributed by atoms with Crippen LogP contribution in [0.4, 0.5) is 0 Å². The van der Waals surface area contributed by atoms with Crippen LogP contribution in [-0.4, -0.2) is 18.1 Å². The van der Waals surface area contributed by atoms with Crippen molar-refractivity contribution in [3.63, 3.8) is 0 Å². The van der Waals surface area contributed by atoms with E-state index < -0.39 is 0 Å². The van der Waals surface area contributed by atoms with Gasteiger partial charge in [0.05, 0.1) is 17.6 Å². The average molecular weight is 253 g/mol. The van der Waals surface area contributed by atoms with Crippen molar-refractivity contribution in [2.75, 3.05) is 7.11 Å². The van der Waals surface area contributed by atoms with E-state index in [9.17, 15) is 0 Å². The maximum absolute atomic E-state index is 6.19. The van der Waals surface area contributed by atoms with Crippen LogP contribution in [0.1, 0.15) is 18.2 Å². The summed E-state index contributed by atoms with van der Waals surface area (Å²) in [6, 6.07) is 3.84. The van der Waals surface area contributed by atoms with Gasteiger partial charge in [-0.15, -0.1) is 0 Å². The summed E-state index contributed by atoms with van der Waals surface area (Å²) in [5.41, 5.74) is 9.11. The van der Waals surface area contributed by atoms with Crippen LogP contribution in [0.5, 0.6) is 5.75 Å². The van der Waals surface area contributed by atoms with Crippen LogP contribution in [0.2, 0.25) is 5.02 Å². The van der Waals surface area contributed by atoms with Gasteiger partial charge in [0.2, 0.25) is 0 Å². The molecular formula is C13H17ClN2O. The smallest absolute Gasteiger partial charge is 0.128 e. The maximum Gasteiger partial charge on any atom is 0.128 e. The number of hydrogen-bond acceptors (Lipinski definition) is 2. The third-order valence-electron chi connectivity index (χ3n) is 2.93. The standard InChI is InChI=1S/C13H17ClN2O/c1-7(15)6-9-8(2)16-13-10(14)4-5-11(17-3)12(9)13/h4-5,7,16H,6,15H2,1-3H3. The van der Waals surface area contributed by atoms with Crippen LogP contribution in [0, 0.1) is 6.92 Å². The molecule has 1 unspecified atom stereocenters. The number of ether oxygens (including phenoxy) is 1. The van der Waals surface area contributed by atoms with Crippen LogP contribution < -0.4 is 10.5 Å². The fraction of sp³-hybridized carbons (Fsp3) is 0.385. The SMILES string of the molecule is COc1ccc(Cl)c2[nH]c(C)c(CC(C)N)c12. The van der Waals surface area contributed by atoms with E-state index in [1.807, 2.05) is 26.0 Å². The third kappa shape index (κ3) is 2.13. The molecule has 1 aromatic carbocycles. The van der Waals surface area contributed by atoms with Crippen molar-refractivity contribution in [1.29, 1.82) is 0 Å². The van der Waals surface area contributed by atoms with Crippen molar-refractivity contribution < 1.29 is 4.74 Å². The van der Waals surface area contributed by atoms with Gasteiger partial charge in [0.1, 0.15) is 5.75 Å². The predicted octanol–water partition coefficient (Wildman–Crippen LogP) is 3.03. The summed E-state index contributed by atoms with van der Waals surface area (Å²) in [6.07, 6.45) is 0.808. The number of halogens is 1. The summed E-state index contributed by atoms with van der Waals surface area (Å²) in [4.78, 5) is 3.31. The highest BCUT2D eigenvalue weighted by Gasteiger charge is 2.16. The Morgan fingerprint density at radius 1 is 1.47 bits per heavy atom. The summed E-state index contributed by atoms with van der Waals surface area (Å²) < 4.78 is 5.40. The minimum Gasteiger partial charge on any atom is -0.496 e. The molecule has 1 aromatic heterocycles. The number of fused-ring (bicyclic) bond motifs is 1. The van der Waals surface area contributed by atoms with Crippen LogP contribution in [0.3, 0.4) is 0 Å². The van der Waals surface area contributed by atoms with E-state index in [1.165, 1.54) is 5.56 Å². The number of nitrogens with two attached hydrogens (primary N) is 1. The molecule has 92 valence electrons. The predicted molar refractivity (Wildman–Crippen MR) is 72.0 cm³/mol. The molecule has 0 saturated carbocycles. The molecule has 3 N–H and O–H groups in total. The Kier molecular flexibility index (Phi) is 3.31. The normalized spacial score (nSPS) is 13.0. The second-order valence-corrected chi connectivity index (χ2v) is 4.82. The Morgan fingerprint density at radius 2 is 2.18 bits per heavy atom. The molecule has 0 aliphatic heterocycles. The number of H-pyrrole nitrogens is 1. The van der Waals surface area contributed by atoms with E-state index in [0.29, 0.717) is 5.02 Å². The molecule has 0 aliphatic rings. The Hall–Kier alpha value is -1.19. The lowest BCUT2D eigenvalue weighted by Gasteiger charge is -2.08. The van der Waals surface area contributed by atoms with Crippen molar-refractivity contribution in [2.45, 2.75) is 26.3 Å². The highest BCUT2D eigenvalue weighted by molar-refractivity contribution is 6.35. The van der Waals surface area contributed by atoms with Crippen LogP contribution in [0.25, 0.3) is 10.9 Å². The van der Waals surface area contributed by atoms with Crippen molar-refractivity contribution >= 4 is 22.5 Å². The lowest BCUT2D eigenvalue weighted by Crippen LogP contribution is -2.18. The molecule has 4 heteroatoms. The topological polar surface area (TPSA) is 51.0 Å². The lowest BCUT2D eigenvalue weighted by molar-refractivity contribution is 0.419. The molecule has 1 atom stereocenters. The molecule has 0 amide bonds. The molecule has 0 aliphatic carbocycles. The molecule has 0 saturated heterocycles. The molecule has 17 heavy (non-hydrogen) atoms. The largest absolute Gasteiger partial charge is 0.496 e. The monoisotopic (exact) mass is 252 g/mol. The number of aromatic amines is 1. The molecule has 0 spiro atoms. The maximum atomic E-state index is 6.19. The van der Waals surface area contributed by atoms with Gasteiger partial charge in [-0.1, -0.05) is 11.6 Å². The fourth-order valence-corrected chi connectivity index (χ4v) is 2.38. The first-order chi connectivity index (χ1) is 8.04. The Morgan fingerprint density at radius 3 is 2.76 bits per heavy atom. The molecule has 0 bridgehead atoms. The molecule has 2 aromatic rings. The highest BCUT2D eigenvalue weighted by Crippen LogP contribution is 2.35. The fourth-order valence-electron chi connectivity index (χ4n) is 2.18. The molecule has 1 heterocycles. The van der Waals surface area contributed by atoms with Gasteiger partial charge in [-0.3, -0.25) is 0 Å². The van der Waals surface area contributed by atoms with E-state index in [4.69, 9.17) is 22.1 Å². The molecular weight excluding hydrogens is 236 g/mol. The highest BCUT2D eigenvalue weighted by atomic mass is 35.5. The summed E-state index contributed by atoms with van der Waals surface area (Å²) in [5.74, 6) is 0.837. The zero-order valence-electron chi connectivity index (χ0n) is 10.3. The molecule has 3 nitrogen and oxygen atoms in total. The first kappa shape index (κ1) is 12.3. The van der Waals surface area contributed by atoms with Crippen LogP contribution >= 0.6 is 11.6 Å². The number of nitrogens with one attached hydrogen (secondary N) is 1. The van der Waals surface area contributed by atoms with Gasteiger partial charge in [0.15, 0.2) is 0 Å². The number of benzene rings is 1. The number of aryl methyl sites for hydroxylation is 1. The van der Waals surface area contributed by atoms with Crippen LogP contribution in [0.15, 0.2) is 12.1 Å². The molecule has 2 rings (SSSR count). The first-order valence-electron chi connectivity index (χ1n) is 5.63. The number of hydrogen-bond donors (Lipinski definition) is 2. The van der Waals surface area contributed by atoms with Gasteiger partial charge in [0.25, 0.3) is 0 Å². The van der Waals surface area contributed by atoms with Gasteiger partial charge < -0.3 is 15.5 Å². The van der Waals surface area contributed by atoms with Crippen molar-refractivity contribution in [1.82, 2.24) is 4.98 Å². The van der Waals surface area contributed by atoms with Crippen molar-refractivity contribution in [3.8, 4) is 5.75 Å². The Balaban J connectivity index is 2.73. The van der Waals surface area contributed by atoms with Gasteiger partial charge >= 0.3 is 0 Å². The molecule has 0 fully saturated rings. The summed E-state index contributed by atoms with van der Waals surface area (Å²) in [5, 5.41) is 1.76. The Labute approximate surface area is 106 Å². The second kappa shape index (κ2) is 4.59. The van der Waals surface area contributed by atoms with Crippen LogP contribution in [-0.2, 0) is 6.42 Å². The average Bonchev–Trinajstić information content (AvgIpc) is 2.58. The minimum absolute atomic E-state index is 0.108. The Bertz CT molecular complexity index is 546. The van der Waals surface area contributed by atoms with Crippen molar-refractivity contribution in [3.05, 3.63) is 28.4 Å². The second-order valence-electron chi connectivity index (χ2n) is 4.41. The van der Waals surface area contributed by atoms with Gasteiger partial charge in [0, 0.05) is 17.1 Å². The van der Waals surface area contributed by atoms with E-state index in [2.05, 4.69) is 4.98 Å². The van der Waals surface area contributed by atoms with Gasteiger partial charge in [-0.05, 0) is 38.0 Å². The minimum atomic E-state index is 0.108. The number of rotatable bonds is 3. The van der Waals surface area contributed by atoms with Crippen molar-refractivity contribution in [2.24, 2.45) is 5.73 Å². The van der Waals surface area contributed by atoms with E-state index in [0.717, 1.165) is 28.8 Å². The van der Waals surface area contributed by atoms with E-state index in [-0.39, 0.29) is 6.04 Å². The van der Waals surface area contributed by atoms with E-state index >= 15 is 0 Å².